The first-order valence-corrected chi connectivity index (χ1v) is 9.97. The van der Waals surface area contributed by atoms with Crippen LogP contribution in [0.5, 0.6) is 5.75 Å². The topological polar surface area (TPSA) is 55.8 Å². The monoisotopic (exact) mass is 413 g/mol. The van der Waals surface area contributed by atoms with Crippen molar-refractivity contribution >= 4 is 46.3 Å². The summed E-state index contributed by atoms with van der Waals surface area (Å²) < 4.78 is 11.1. The van der Waals surface area contributed by atoms with E-state index in [0.717, 1.165) is 11.1 Å². The highest BCUT2D eigenvalue weighted by molar-refractivity contribution is 8.26. The highest BCUT2D eigenvalue weighted by atomic mass is 32.2. The molecule has 1 saturated heterocycles. The van der Waals surface area contributed by atoms with Gasteiger partial charge in [0.2, 0.25) is 0 Å². The summed E-state index contributed by atoms with van der Waals surface area (Å²) in [5.41, 5.74) is 1.90. The van der Waals surface area contributed by atoms with Crippen LogP contribution in [0.15, 0.2) is 59.5 Å². The molecule has 0 bridgehead atoms. The SMILES string of the molecule is CCOC(=O)CN1C(=O)C(=Cc2cccc(OCc3ccccc3)c2)SC1=S. The molecule has 1 aliphatic heterocycles. The molecule has 0 N–H and O–H groups in total. The average molecular weight is 414 g/mol. The van der Waals surface area contributed by atoms with Crippen molar-refractivity contribution in [1.82, 2.24) is 4.90 Å². The number of hydrogen-bond donors (Lipinski definition) is 0. The molecule has 3 rings (SSSR count). The molecule has 0 saturated carbocycles. The molecular weight excluding hydrogens is 394 g/mol. The summed E-state index contributed by atoms with van der Waals surface area (Å²) in [5.74, 6) is -0.0605. The van der Waals surface area contributed by atoms with E-state index in [1.165, 1.54) is 16.7 Å². The van der Waals surface area contributed by atoms with Crippen molar-refractivity contribution in [1.29, 1.82) is 0 Å². The highest BCUT2D eigenvalue weighted by Gasteiger charge is 2.33. The molecule has 0 aromatic heterocycles. The maximum atomic E-state index is 12.6. The number of rotatable bonds is 7. The quantitative estimate of drug-likeness (QED) is 0.388. The van der Waals surface area contributed by atoms with E-state index >= 15 is 0 Å². The lowest BCUT2D eigenvalue weighted by atomic mass is 10.2. The smallest absolute Gasteiger partial charge is 0.326 e. The summed E-state index contributed by atoms with van der Waals surface area (Å²) in [6, 6.07) is 17.4. The second-order valence-corrected chi connectivity index (χ2v) is 7.60. The Morgan fingerprint density at radius 1 is 1.18 bits per heavy atom. The Morgan fingerprint density at radius 3 is 2.71 bits per heavy atom. The van der Waals surface area contributed by atoms with Gasteiger partial charge in [0, 0.05) is 0 Å². The zero-order chi connectivity index (χ0) is 19.9. The van der Waals surface area contributed by atoms with E-state index < -0.39 is 5.97 Å². The number of carbonyl (C=O) groups is 2. The molecular formula is C21H19NO4S2. The molecule has 7 heteroatoms. The first-order chi connectivity index (χ1) is 13.6. The molecule has 1 fully saturated rings. The minimum absolute atomic E-state index is 0.171. The third kappa shape index (κ3) is 5.21. The molecule has 0 aliphatic carbocycles. The molecule has 1 amide bonds. The van der Waals surface area contributed by atoms with Crippen molar-refractivity contribution in [2.45, 2.75) is 13.5 Å². The second-order valence-electron chi connectivity index (χ2n) is 5.92. The van der Waals surface area contributed by atoms with Gasteiger partial charge >= 0.3 is 5.97 Å². The highest BCUT2D eigenvalue weighted by Crippen LogP contribution is 2.32. The Hall–Kier alpha value is -2.64. The van der Waals surface area contributed by atoms with Gasteiger partial charge in [0.25, 0.3) is 5.91 Å². The summed E-state index contributed by atoms with van der Waals surface area (Å²) in [7, 11) is 0. The minimum Gasteiger partial charge on any atom is -0.489 e. The fourth-order valence-corrected chi connectivity index (χ4v) is 3.81. The van der Waals surface area contributed by atoms with Gasteiger partial charge in [-0.1, -0.05) is 66.4 Å². The van der Waals surface area contributed by atoms with Crippen LogP contribution in [0.2, 0.25) is 0 Å². The summed E-state index contributed by atoms with van der Waals surface area (Å²) >= 11 is 6.40. The Labute approximate surface area is 173 Å². The van der Waals surface area contributed by atoms with Gasteiger partial charge in [0.1, 0.15) is 23.2 Å². The fraction of sp³-hybridized carbons (Fsp3) is 0.190. The summed E-state index contributed by atoms with van der Waals surface area (Å²) in [6.07, 6.45) is 1.75. The lowest BCUT2D eigenvalue weighted by molar-refractivity contribution is -0.145. The number of thiocarbonyl (C=S) groups is 1. The maximum Gasteiger partial charge on any atom is 0.326 e. The third-order valence-corrected chi connectivity index (χ3v) is 5.25. The Bertz CT molecular complexity index is 912. The molecule has 2 aromatic rings. The Balaban J connectivity index is 1.68. The van der Waals surface area contributed by atoms with Crippen molar-refractivity contribution in [3.63, 3.8) is 0 Å². The Kier molecular flexibility index (Phi) is 6.84. The average Bonchev–Trinajstić information content (AvgIpc) is 2.95. The Morgan fingerprint density at radius 2 is 1.96 bits per heavy atom. The van der Waals surface area contributed by atoms with Crippen LogP contribution in [0, 0.1) is 0 Å². The second kappa shape index (κ2) is 9.52. The molecule has 0 unspecified atom stereocenters. The zero-order valence-corrected chi connectivity index (χ0v) is 16.9. The van der Waals surface area contributed by atoms with Crippen molar-refractivity contribution in [3.05, 3.63) is 70.6 Å². The first-order valence-electron chi connectivity index (χ1n) is 8.74. The predicted molar refractivity (Wildman–Crippen MR) is 114 cm³/mol. The maximum absolute atomic E-state index is 12.6. The van der Waals surface area contributed by atoms with Gasteiger partial charge in [-0.2, -0.15) is 0 Å². The lowest BCUT2D eigenvalue weighted by Crippen LogP contribution is -2.34. The fourth-order valence-electron chi connectivity index (χ4n) is 2.56. The van der Waals surface area contributed by atoms with Crippen molar-refractivity contribution in [2.75, 3.05) is 13.2 Å². The molecule has 28 heavy (non-hydrogen) atoms. The van der Waals surface area contributed by atoms with Crippen LogP contribution in [-0.2, 0) is 20.9 Å². The van der Waals surface area contributed by atoms with E-state index in [9.17, 15) is 9.59 Å². The number of ether oxygens (including phenoxy) is 2. The van der Waals surface area contributed by atoms with Gasteiger partial charge in [-0.15, -0.1) is 0 Å². The van der Waals surface area contributed by atoms with Gasteiger partial charge in [0.05, 0.1) is 11.5 Å². The third-order valence-electron chi connectivity index (χ3n) is 3.87. The number of carbonyl (C=O) groups excluding carboxylic acids is 2. The van der Waals surface area contributed by atoms with Crippen LogP contribution in [-0.4, -0.2) is 34.2 Å². The van der Waals surface area contributed by atoms with Crippen LogP contribution in [0.25, 0.3) is 6.08 Å². The van der Waals surface area contributed by atoms with Gasteiger partial charge in [0.15, 0.2) is 0 Å². The number of nitrogens with zero attached hydrogens (tertiary/aromatic N) is 1. The molecule has 2 aromatic carbocycles. The molecule has 0 atom stereocenters. The molecule has 0 radical (unpaired) electrons. The van der Waals surface area contributed by atoms with E-state index in [4.69, 9.17) is 21.7 Å². The number of thioether (sulfide) groups is 1. The number of esters is 1. The molecule has 1 heterocycles. The van der Waals surface area contributed by atoms with Gasteiger partial charge < -0.3 is 9.47 Å². The van der Waals surface area contributed by atoms with E-state index in [-0.39, 0.29) is 19.1 Å². The summed E-state index contributed by atoms with van der Waals surface area (Å²) in [5, 5.41) is 0. The molecule has 5 nitrogen and oxygen atoms in total. The lowest BCUT2D eigenvalue weighted by Gasteiger charge is -2.12. The first kappa shape index (κ1) is 20.1. The summed E-state index contributed by atoms with van der Waals surface area (Å²) in [6.45, 7) is 2.27. The predicted octanol–water partition coefficient (Wildman–Crippen LogP) is 4.03. The number of benzene rings is 2. The minimum atomic E-state index is -0.476. The van der Waals surface area contributed by atoms with Crippen molar-refractivity contribution < 1.29 is 19.1 Å². The van der Waals surface area contributed by atoms with Crippen LogP contribution < -0.4 is 4.74 Å². The van der Waals surface area contributed by atoms with Gasteiger partial charge in [-0.05, 0) is 36.3 Å². The van der Waals surface area contributed by atoms with Crippen LogP contribution in [0.3, 0.4) is 0 Å². The molecule has 1 aliphatic rings. The van der Waals surface area contributed by atoms with Crippen LogP contribution >= 0.6 is 24.0 Å². The van der Waals surface area contributed by atoms with E-state index in [1.807, 2.05) is 54.6 Å². The normalized spacial score (nSPS) is 15.2. The number of amides is 1. The largest absolute Gasteiger partial charge is 0.489 e. The molecule has 0 spiro atoms. The summed E-state index contributed by atoms with van der Waals surface area (Å²) in [4.78, 5) is 26.0. The standard InChI is InChI=1S/C21H19NO4S2/c1-2-25-19(23)13-22-20(24)18(28-21(22)27)12-16-9-6-10-17(11-16)26-14-15-7-4-3-5-8-15/h3-12H,2,13-14H2,1H3. The van der Waals surface area contributed by atoms with E-state index in [2.05, 4.69) is 0 Å². The van der Waals surface area contributed by atoms with Gasteiger partial charge in [-0.3, -0.25) is 14.5 Å². The number of hydrogen-bond acceptors (Lipinski definition) is 6. The zero-order valence-electron chi connectivity index (χ0n) is 15.3. The van der Waals surface area contributed by atoms with Crippen molar-refractivity contribution in [2.24, 2.45) is 0 Å². The van der Waals surface area contributed by atoms with E-state index in [0.29, 0.717) is 21.6 Å². The van der Waals surface area contributed by atoms with Gasteiger partial charge in [-0.25, -0.2) is 0 Å². The van der Waals surface area contributed by atoms with Crippen LogP contribution in [0.1, 0.15) is 18.1 Å². The molecule has 144 valence electrons. The van der Waals surface area contributed by atoms with Crippen LogP contribution in [0.4, 0.5) is 0 Å². The van der Waals surface area contributed by atoms with Crippen molar-refractivity contribution in [3.8, 4) is 5.75 Å². The van der Waals surface area contributed by atoms with E-state index in [1.54, 1.807) is 13.0 Å².